The van der Waals surface area contributed by atoms with Gasteiger partial charge >= 0.3 is 0 Å². The van der Waals surface area contributed by atoms with Crippen LogP contribution in [0.4, 0.5) is 5.69 Å². The number of nitrogens with one attached hydrogen (secondary N) is 1. The quantitative estimate of drug-likeness (QED) is 0.655. The first-order valence-electron chi connectivity index (χ1n) is 8.88. The lowest BCUT2D eigenvalue weighted by atomic mass is 10.1. The van der Waals surface area contributed by atoms with Crippen LogP contribution in [0.2, 0.25) is 0 Å². The minimum Gasteiger partial charge on any atom is -0.448 e. The number of aromatic nitrogens is 3. The maximum atomic E-state index is 6.25. The summed E-state index contributed by atoms with van der Waals surface area (Å²) in [4.78, 5) is 4.60. The van der Waals surface area contributed by atoms with E-state index in [1.54, 1.807) is 11.8 Å². The minimum absolute atomic E-state index is 0.344. The third-order valence-electron chi connectivity index (χ3n) is 4.21. The van der Waals surface area contributed by atoms with Crippen LogP contribution < -0.4 is 10.1 Å². The number of rotatable bonds is 4. The molecule has 3 aromatic rings. The third kappa shape index (κ3) is 3.80. The zero-order valence-electron chi connectivity index (χ0n) is 15.2. The minimum atomic E-state index is -0.344. The van der Waals surface area contributed by atoms with Gasteiger partial charge in [0.2, 0.25) is 11.0 Å². The fourth-order valence-electron chi connectivity index (χ4n) is 2.93. The highest BCUT2D eigenvalue weighted by Gasteiger charge is 2.25. The molecule has 0 bridgehead atoms. The molecule has 2 aromatic carbocycles. The van der Waals surface area contributed by atoms with Crippen molar-refractivity contribution in [1.82, 2.24) is 15.2 Å². The first kappa shape index (κ1) is 17.5. The van der Waals surface area contributed by atoms with E-state index in [9.17, 15) is 0 Å². The molecule has 5 nitrogen and oxygen atoms in total. The molecular formula is C21H20N4OS. The molecule has 1 N–H and O–H groups in total. The zero-order valence-corrected chi connectivity index (χ0v) is 16.0. The summed E-state index contributed by atoms with van der Waals surface area (Å²) in [5.74, 6) is 1.38. The number of para-hydroxylation sites is 1. The van der Waals surface area contributed by atoms with Crippen molar-refractivity contribution >= 4 is 23.5 Å². The Morgan fingerprint density at radius 2 is 1.89 bits per heavy atom. The van der Waals surface area contributed by atoms with Crippen molar-refractivity contribution in [3.63, 3.8) is 0 Å². The molecule has 1 aromatic heterocycles. The number of nitrogens with zero attached hydrogens (tertiary/aromatic N) is 3. The van der Waals surface area contributed by atoms with E-state index >= 15 is 0 Å². The summed E-state index contributed by atoms with van der Waals surface area (Å²) in [5.41, 5.74) is 4.73. The lowest BCUT2D eigenvalue weighted by molar-refractivity contribution is 0.255. The normalized spacial score (nSPS) is 15.8. The Morgan fingerprint density at radius 3 is 2.70 bits per heavy atom. The molecule has 0 saturated heterocycles. The summed E-state index contributed by atoms with van der Waals surface area (Å²) >= 11 is 1.55. The first-order chi connectivity index (χ1) is 13.2. The average molecular weight is 376 g/mol. The smallest absolute Gasteiger partial charge is 0.247 e. The number of anilines is 1. The molecule has 136 valence electrons. The number of fused-ring (bicyclic) bond motifs is 3. The summed E-state index contributed by atoms with van der Waals surface area (Å²) in [7, 11) is 0. The van der Waals surface area contributed by atoms with Crippen molar-refractivity contribution in [2.45, 2.75) is 25.2 Å². The SMILES string of the molecule is CCSc1nnc2c(n1)O[C@@H](/C(C)=C/c1ccccc1)Nc1ccccc1-2. The Balaban J connectivity index is 1.76. The molecule has 27 heavy (non-hydrogen) atoms. The van der Waals surface area contributed by atoms with Crippen LogP contribution in [0.1, 0.15) is 19.4 Å². The van der Waals surface area contributed by atoms with E-state index in [0.717, 1.165) is 28.1 Å². The van der Waals surface area contributed by atoms with Gasteiger partial charge in [-0.2, -0.15) is 4.98 Å². The third-order valence-corrected chi connectivity index (χ3v) is 4.93. The Labute approximate surface area is 162 Å². The van der Waals surface area contributed by atoms with Gasteiger partial charge in [0.05, 0.1) is 0 Å². The van der Waals surface area contributed by atoms with Crippen LogP contribution in [0.3, 0.4) is 0 Å². The first-order valence-corrected chi connectivity index (χ1v) is 9.86. The fourth-order valence-corrected chi connectivity index (χ4v) is 3.44. The van der Waals surface area contributed by atoms with Gasteiger partial charge in [-0.3, -0.25) is 0 Å². The molecule has 1 aliphatic rings. The van der Waals surface area contributed by atoms with Crippen LogP contribution in [-0.2, 0) is 0 Å². The van der Waals surface area contributed by atoms with Gasteiger partial charge in [0.1, 0.15) is 0 Å². The highest BCUT2D eigenvalue weighted by Crippen LogP contribution is 2.37. The maximum absolute atomic E-state index is 6.25. The number of hydrogen-bond donors (Lipinski definition) is 1. The van der Waals surface area contributed by atoms with Crippen LogP contribution >= 0.6 is 11.8 Å². The van der Waals surface area contributed by atoms with Crippen molar-refractivity contribution in [3.05, 3.63) is 65.7 Å². The summed E-state index contributed by atoms with van der Waals surface area (Å²) in [6.07, 6.45) is 1.77. The van der Waals surface area contributed by atoms with Crippen molar-refractivity contribution < 1.29 is 4.74 Å². The van der Waals surface area contributed by atoms with E-state index in [1.165, 1.54) is 0 Å². The molecule has 0 fully saturated rings. The Kier molecular flexibility index (Phi) is 5.07. The Hall–Kier alpha value is -2.86. The van der Waals surface area contributed by atoms with E-state index in [2.05, 4.69) is 52.6 Å². The number of benzene rings is 2. The van der Waals surface area contributed by atoms with Crippen LogP contribution in [0.25, 0.3) is 17.3 Å². The van der Waals surface area contributed by atoms with Gasteiger partial charge in [-0.15, -0.1) is 10.2 Å². The lowest BCUT2D eigenvalue weighted by Gasteiger charge is -2.20. The molecule has 1 atom stereocenters. The Morgan fingerprint density at radius 1 is 1.11 bits per heavy atom. The van der Waals surface area contributed by atoms with Gasteiger partial charge in [-0.1, -0.05) is 73.3 Å². The number of thioether (sulfide) groups is 1. The zero-order chi connectivity index (χ0) is 18.6. The van der Waals surface area contributed by atoms with Gasteiger partial charge in [-0.25, -0.2) is 0 Å². The summed E-state index contributed by atoms with van der Waals surface area (Å²) in [6.45, 7) is 4.11. The monoisotopic (exact) mass is 376 g/mol. The molecule has 0 radical (unpaired) electrons. The topological polar surface area (TPSA) is 59.9 Å². The second kappa shape index (κ2) is 7.80. The van der Waals surface area contributed by atoms with Crippen LogP contribution in [0, 0.1) is 0 Å². The summed E-state index contributed by atoms with van der Waals surface area (Å²) in [6, 6.07) is 18.2. The highest BCUT2D eigenvalue weighted by molar-refractivity contribution is 7.99. The van der Waals surface area contributed by atoms with E-state index in [4.69, 9.17) is 4.74 Å². The van der Waals surface area contributed by atoms with Gasteiger partial charge < -0.3 is 10.1 Å². The van der Waals surface area contributed by atoms with E-state index in [0.29, 0.717) is 16.7 Å². The van der Waals surface area contributed by atoms with Crippen molar-refractivity contribution in [2.75, 3.05) is 11.1 Å². The second-order valence-corrected chi connectivity index (χ2v) is 7.40. The molecule has 0 saturated carbocycles. The Bertz CT molecular complexity index is 975. The average Bonchev–Trinajstić information content (AvgIpc) is 2.85. The maximum Gasteiger partial charge on any atom is 0.247 e. The van der Waals surface area contributed by atoms with E-state index < -0.39 is 0 Å². The van der Waals surface area contributed by atoms with Crippen LogP contribution in [0.15, 0.2) is 65.3 Å². The molecule has 1 aliphatic heterocycles. The van der Waals surface area contributed by atoms with Gasteiger partial charge in [0, 0.05) is 11.3 Å². The summed E-state index contributed by atoms with van der Waals surface area (Å²) < 4.78 is 6.25. The molecule has 4 rings (SSSR count). The molecule has 6 heteroatoms. The standard InChI is InChI=1S/C21H20N4OS/c1-3-27-21-23-20-18(24-25-21)16-11-7-8-12-17(16)22-19(26-20)14(2)13-15-9-5-4-6-10-15/h4-13,19,22H,3H2,1-2H3/b14-13+/t19-/m0/s1. The second-order valence-electron chi connectivity index (χ2n) is 6.17. The van der Waals surface area contributed by atoms with E-state index in [-0.39, 0.29) is 6.23 Å². The van der Waals surface area contributed by atoms with Gasteiger partial charge in [0.15, 0.2) is 11.9 Å². The van der Waals surface area contributed by atoms with Crippen LogP contribution in [-0.4, -0.2) is 27.2 Å². The van der Waals surface area contributed by atoms with Crippen molar-refractivity contribution in [1.29, 1.82) is 0 Å². The van der Waals surface area contributed by atoms with Crippen molar-refractivity contribution in [3.8, 4) is 17.1 Å². The predicted octanol–water partition coefficient (Wildman–Crippen LogP) is 4.88. The number of ether oxygens (including phenoxy) is 1. The number of hydrogen-bond acceptors (Lipinski definition) is 6. The molecule has 0 aliphatic carbocycles. The fraction of sp³-hybridized carbons (Fsp3) is 0.190. The molecule has 0 spiro atoms. The molecular weight excluding hydrogens is 356 g/mol. The van der Waals surface area contributed by atoms with E-state index in [1.807, 2.05) is 42.5 Å². The van der Waals surface area contributed by atoms with Gasteiger partial charge in [0.25, 0.3) is 0 Å². The van der Waals surface area contributed by atoms with Gasteiger partial charge in [-0.05, 0) is 29.9 Å². The molecule has 0 amide bonds. The van der Waals surface area contributed by atoms with Crippen molar-refractivity contribution in [2.24, 2.45) is 0 Å². The van der Waals surface area contributed by atoms with Crippen LogP contribution in [0.5, 0.6) is 5.88 Å². The predicted molar refractivity (Wildman–Crippen MR) is 110 cm³/mol. The molecule has 2 heterocycles. The molecule has 0 unspecified atom stereocenters. The largest absolute Gasteiger partial charge is 0.448 e. The summed E-state index contributed by atoms with van der Waals surface area (Å²) in [5, 5.41) is 12.7. The lowest BCUT2D eigenvalue weighted by Crippen LogP contribution is -2.27. The highest BCUT2D eigenvalue weighted by atomic mass is 32.2.